The first kappa shape index (κ1) is 15.8. The van der Waals surface area contributed by atoms with Crippen LogP contribution >= 0.6 is 0 Å². The molecule has 0 amide bonds. The van der Waals surface area contributed by atoms with E-state index in [1.807, 2.05) is 30.4 Å². The van der Waals surface area contributed by atoms with Crippen LogP contribution in [0.25, 0.3) is 0 Å². The molecule has 0 radical (unpaired) electrons. The van der Waals surface area contributed by atoms with Crippen molar-refractivity contribution in [1.29, 1.82) is 0 Å². The number of fused-ring (bicyclic) bond motifs is 2. The smallest absolute Gasteiger partial charge is 0.231 e. The third kappa shape index (κ3) is 2.26. The van der Waals surface area contributed by atoms with E-state index in [-0.39, 0.29) is 24.6 Å². The molecule has 1 saturated heterocycles. The number of carbonyl (C=O) groups excluding carboxylic acids is 1. The van der Waals surface area contributed by atoms with Crippen molar-refractivity contribution in [2.24, 2.45) is 11.3 Å². The van der Waals surface area contributed by atoms with Gasteiger partial charge in [-0.25, -0.2) is 0 Å². The van der Waals surface area contributed by atoms with Crippen molar-refractivity contribution in [2.75, 3.05) is 13.9 Å². The first-order valence-corrected chi connectivity index (χ1v) is 8.29. The Hall–Kier alpha value is -2.69. The van der Waals surface area contributed by atoms with Crippen LogP contribution in [-0.4, -0.2) is 19.7 Å². The Morgan fingerprint density at radius 1 is 1.36 bits per heavy atom. The van der Waals surface area contributed by atoms with E-state index in [0.717, 1.165) is 17.1 Å². The zero-order chi connectivity index (χ0) is 17.6. The minimum Gasteiger partial charge on any atom is -0.493 e. The first-order chi connectivity index (χ1) is 12.1. The number of ketones is 1. The Morgan fingerprint density at radius 2 is 2.16 bits per heavy atom. The Balaban J connectivity index is 1.76. The van der Waals surface area contributed by atoms with Crippen LogP contribution in [0.4, 0.5) is 0 Å². The maximum absolute atomic E-state index is 12.2. The molecule has 0 bridgehead atoms. The summed E-state index contributed by atoms with van der Waals surface area (Å²) in [6.07, 6.45) is 5.77. The van der Waals surface area contributed by atoms with E-state index >= 15 is 0 Å². The zero-order valence-electron chi connectivity index (χ0n) is 14.3. The van der Waals surface area contributed by atoms with Crippen LogP contribution in [0.2, 0.25) is 0 Å². The largest absolute Gasteiger partial charge is 0.493 e. The van der Waals surface area contributed by atoms with Gasteiger partial charge in [-0.3, -0.25) is 4.79 Å². The molecule has 1 aromatic carbocycles. The molecule has 5 nitrogen and oxygen atoms in total. The summed E-state index contributed by atoms with van der Waals surface area (Å²) in [6, 6.07) is 5.83. The minimum atomic E-state index is -0.429. The van der Waals surface area contributed by atoms with E-state index in [1.165, 1.54) is 7.11 Å². The zero-order valence-corrected chi connectivity index (χ0v) is 14.3. The van der Waals surface area contributed by atoms with Gasteiger partial charge in [-0.2, -0.15) is 0 Å². The Morgan fingerprint density at radius 3 is 2.92 bits per heavy atom. The predicted molar refractivity (Wildman–Crippen MR) is 91.0 cm³/mol. The molecule has 3 aliphatic rings. The number of benzene rings is 1. The second-order valence-electron chi connectivity index (χ2n) is 6.56. The normalized spacial score (nSPS) is 29.4. The fraction of sp³-hybridized carbons (Fsp3) is 0.350. The molecule has 25 heavy (non-hydrogen) atoms. The second-order valence-corrected chi connectivity index (χ2v) is 6.56. The van der Waals surface area contributed by atoms with Crippen molar-refractivity contribution >= 4 is 5.78 Å². The quantitative estimate of drug-likeness (QED) is 0.783. The average Bonchev–Trinajstić information content (AvgIpc) is 3.18. The summed E-state index contributed by atoms with van der Waals surface area (Å²) in [5, 5.41) is 0. The van der Waals surface area contributed by atoms with Gasteiger partial charge in [0.2, 0.25) is 12.6 Å². The van der Waals surface area contributed by atoms with Crippen LogP contribution < -0.4 is 9.47 Å². The van der Waals surface area contributed by atoms with Crippen LogP contribution in [0.5, 0.6) is 11.5 Å². The van der Waals surface area contributed by atoms with Gasteiger partial charge in [0.25, 0.3) is 0 Å². The van der Waals surface area contributed by atoms with Gasteiger partial charge in [-0.05, 0) is 30.2 Å². The van der Waals surface area contributed by atoms with Gasteiger partial charge in [0.05, 0.1) is 12.5 Å². The Labute approximate surface area is 146 Å². The Bertz CT molecular complexity index is 806. The van der Waals surface area contributed by atoms with E-state index < -0.39 is 5.41 Å². The summed E-state index contributed by atoms with van der Waals surface area (Å²) < 4.78 is 22.4. The van der Waals surface area contributed by atoms with Gasteiger partial charge >= 0.3 is 0 Å². The summed E-state index contributed by atoms with van der Waals surface area (Å²) in [5.41, 5.74) is 0.567. The molecule has 5 heteroatoms. The predicted octanol–water partition coefficient (Wildman–Crippen LogP) is 3.68. The molecule has 1 aliphatic carbocycles. The molecular weight excluding hydrogens is 320 g/mol. The van der Waals surface area contributed by atoms with Gasteiger partial charge in [0.1, 0.15) is 11.9 Å². The number of hydrogen-bond acceptors (Lipinski definition) is 5. The summed E-state index contributed by atoms with van der Waals surface area (Å²) in [6.45, 7) is 6.25. The van der Waals surface area contributed by atoms with Crippen molar-refractivity contribution < 1.29 is 23.7 Å². The fourth-order valence-corrected chi connectivity index (χ4v) is 3.90. The molecule has 0 aromatic heterocycles. The molecule has 3 atom stereocenters. The van der Waals surface area contributed by atoms with E-state index in [9.17, 15) is 4.79 Å². The molecule has 2 heterocycles. The van der Waals surface area contributed by atoms with Crippen LogP contribution in [-0.2, 0) is 14.3 Å². The van der Waals surface area contributed by atoms with Crippen molar-refractivity contribution in [2.45, 2.75) is 19.4 Å². The van der Waals surface area contributed by atoms with Crippen LogP contribution in [0, 0.1) is 11.3 Å². The molecule has 130 valence electrons. The minimum absolute atomic E-state index is 0.0929. The number of methoxy groups -OCH3 is 1. The summed E-state index contributed by atoms with van der Waals surface area (Å²) in [5.74, 6) is 2.41. The third-order valence-corrected chi connectivity index (χ3v) is 5.30. The molecular formula is C20H20O5. The Kier molecular flexibility index (Phi) is 3.60. The van der Waals surface area contributed by atoms with Gasteiger partial charge < -0.3 is 18.9 Å². The SMILES string of the molecule is C=CC[C@@]12C=C(OC)C(=O)C=C1O[C@@H](c1ccc3c(c1)OCO3)[C@@H]2C. The number of allylic oxidation sites excluding steroid dienone is 3. The highest BCUT2D eigenvalue weighted by atomic mass is 16.7. The van der Waals surface area contributed by atoms with E-state index in [2.05, 4.69) is 13.5 Å². The number of carbonyl (C=O) groups is 1. The maximum atomic E-state index is 12.2. The molecule has 1 fully saturated rings. The van der Waals surface area contributed by atoms with Crippen molar-refractivity contribution in [1.82, 2.24) is 0 Å². The van der Waals surface area contributed by atoms with Crippen molar-refractivity contribution in [3.05, 3.63) is 60.1 Å². The van der Waals surface area contributed by atoms with Crippen LogP contribution in [0.15, 0.2) is 54.5 Å². The van der Waals surface area contributed by atoms with E-state index in [4.69, 9.17) is 18.9 Å². The van der Waals surface area contributed by atoms with Crippen molar-refractivity contribution in [3.8, 4) is 11.5 Å². The average molecular weight is 340 g/mol. The lowest BCUT2D eigenvalue weighted by Gasteiger charge is -2.31. The topological polar surface area (TPSA) is 54.0 Å². The van der Waals surface area contributed by atoms with Gasteiger partial charge in [0, 0.05) is 12.0 Å². The van der Waals surface area contributed by atoms with Crippen LogP contribution in [0.3, 0.4) is 0 Å². The molecule has 0 N–H and O–H groups in total. The second kappa shape index (κ2) is 5.69. The van der Waals surface area contributed by atoms with E-state index in [1.54, 1.807) is 6.08 Å². The molecule has 1 aromatic rings. The highest BCUT2D eigenvalue weighted by Crippen LogP contribution is 2.58. The molecule has 0 unspecified atom stereocenters. The van der Waals surface area contributed by atoms with Crippen molar-refractivity contribution in [3.63, 3.8) is 0 Å². The number of ether oxygens (including phenoxy) is 4. The molecule has 2 aliphatic heterocycles. The monoisotopic (exact) mass is 340 g/mol. The summed E-state index contributed by atoms with van der Waals surface area (Å²) >= 11 is 0. The van der Waals surface area contributed by atoms with Crippen LogP contribution in [0.1, 0.15) is 25.0 Å². The molecule has 0 saturated carbocycles. The van der Waals surface area contributed by atoms with Gasteiger partial charge in [0.15, 0.2) is 17.3 Å². The summed E-state index contributed by atoms with van der Waals surface area (Å²) in [7, 11) is 1.51. The highest BCUT2D eigenvalue weighted by Gasteiger charge is 2.53. The van der Waals surface area contributed by atoms with E-state index in [0.29, 0.717) is 17.9 Å². The summed E-state index contributed by atoms with van der Waals surface area (Å²) in [4.78, 5) is 12.2. The lowest BCUT2D eigenvalue weighted by atomic mass is 9.69. The molecule has 4 rings (SSSR count). The number of hydrogen-bond donors (Lipinski definition) is 0. The third-order valence-electron chi connectivity index (χ3n) is 5.30. The fourth-order valence-electron chi connectivity index (χ4n) is 3.90. The van der Waals surface area contributed by atoms with Gasteiger partial charge in [-0.1, -0.05) is 19.1 Å². The number of rotatable bonds is 4. The first-order valence-electron chi connectivity index (χ1n) is 8.29. The maximum Gasteiger partial charge on any atom is 0.231 e. The standard InChI is InChI=1S/C20H20O5/c1-4-7-20-10-17(22-3)14(21)9-18(20)25-19(12(20)2)13-5-6-15-16(8-13)24-11-23-15/h4-6,8-10,12,19H,1,7,11H2,2-3H3/t12-,19+,20-/m0/s1. The molecule has 0 spiro atoms. The highest BCUT2D eigenvalue weighted by molar-refractivity contribution is 6.04. The lowest BCUT2D eigenvalue weighted by Crippen LogP contribution is -2.29. The lowest BCUT2D eigenvalue weighted by molar-refractivity contribution is -0.114. The van der Waals surface area contributed by atoms with Gasteiger partial charge in [-0.15, -0.1) is 6.58 Å².